The van der Waals surface area contributed by atoms with Gasteiger partial charge in [0.15, 0.2) is 0 Å². The van der Waals surface area contributed by atoms with E-state index in [9.17, 15) is 4.79 Å². The molecule has 22 heavy (non-hydrogen) atoms. The summed E-state index contributed by atoms with van der Waals surface area (Å²) in [5.74, 6) is 1.33. The minimum absolute atomic E-state index is 0.0240. The lowest BCUT2D eigenvalue weighted by atomic mass is 9.76. The number of carbonyl (C=O) groups excluding carboxylic acids is 1. The van der Waals surface area contributed by atoms with Gasteiger partial charge in [0.05, 0.1) is 0 Å². The summed E-state index contributed by atoms with van der Waals surface area (Å²) in [5, 5.41) is 4.21. The van der Waals surface area contributed by atoms with Crippen LogP contribution in [0.5, 0.6) is 0 Å². The van der Waals surface area contributed by atoms with E-state index in [2.05, 4.69) is 28.8 Å². The second-order valence-electron chi connectivity index (χ2n) is 7.28. The fourth-order valence-electron chi connectivity index (χ4n) is 3.84. The molecule has 2 aliphatic heterocycles. The zero-order chi connectivity index (χ0) is 15.9. The number of aromatic nitrogens is 3. The van der Waals surface area contributed by atoms with Crippen molar-refractivity contribution in [3.8, 4) is 0 Å². The predicted octanol–water partition coefficient (Wildman–Crippen LogP) is 2.06. The monoisotopic (exact) mass is 305 g/mol. The van der Waals surface area contributed by atoms with Crippen molar-refractivity contribution in [1.29, 1.82) is 0 Å². The number of rotatable bonds is 1. The third-order valence-electron chi connectivity index (χ3n) is 5.05. The molecule has 0 aromatic carbocycles. The molecule has 1 amide bonds. The Morgan fingerprint density at radius 2 is 1.91 bits per heavy atom. The van der Waals surface area contributed by atoms with Crippen molar-refractivity contribution in [3.63, 3.8) is 0 Å². The van der Waals surface area contributed by atoms with E-state index in [1.807, 2.05) is 18.7 Å². The largest absolute Gasteiger partial charge is 0.346 e. The van der Waals surface area contributed by atoms with Gasteiger partial charge in [-0.25, -0.2) is 9.78 Å². The highest BCUT2D eigenvalue weighted by atomic mass is 16.2. The topological polar surface area (TPSA) is 54.3 Å². The van der Waals surface area contributed by atoms with Gasteiger partial charge in [-0.1, -0.05) is 6.42 Å². The molecule has 0 radical (unpaired) electrons. The molecule has 0 saturated carbocycles. The van der Waals surface area contributed by atoms with E-state index in [0.29, 0.717) is 23.1 Å². The van der Waals surface area contributed by atoms with E-state index in [1.54, 1.807) is 0 Å². The van der Waals surface area contributed by atoms with Gasteiger partial charge in [0.1, 0.15) is 11.6 Å². The highest BCUT2D eigenvalue weighted by molar-refractivity contribution is 5.77. The molecular weight excluding hydrogens is 278 g/mol. The van der Waals surface area contributed by atoms with Gasteiger partial charge in [0, 0.05) is 31.1 Å². The zero-order valence-corrected chi connectivity index (χ0v) is 14.2. The van der Waals surface area contributed by atoms with Crippen molar-refractivity contribution in [2.45, 2.75) is 53.0 Å². The van der Waals surface area contributed by atoms with Gasteiger partial charge in [-0.05, 0) is 47.1 Å². The Labute approximate surface area is 132 Å². The molecule has 0 atom stereocenters. The average Bonchev–Trinajstić information content (AvgIpc) is 2.63. The fourth-order valence-corrected chi connectivity index (χ4v) is 3.84. The molecule has 2 fully saturated rings. The molecule has 122 valence electrons. The third kappa shape index (κ3) is 2.76. The highest BCUT2D eigenvalue weighted by Gasteiger charge is 2.47. The summed E-state index contributed by atoms with van der Waals surface area (Å²) in [4.78, 5) is 21.3. The third-order valence-corrected chi connectivity index (χ3v) is 5.05. The minimum atomic E-state index is -0.0240. The van der Waals surface area contributed by atoms with Gasteiger partial charge in [-0.15, -0.1) is 5.10 Å². The molecule has 1 spiro atoms. The maximum atomic E-state index is 12.6. The second kappa shape index (κ2) is 5.65. The van der Waals surface area contributed by atoms with Crippen molar-refractivity contribution < 1.29 is 4.79 Å². The highest BCUT2D eigenvalue weighted by Crippen LogP contribution is 2.39. The normalized spacial score (nSPS) is 22.0. The fraction of sp³-hybridized carbons (Fsp3) is 0.812. The van der Waals surface area contributed by atoms with Gasteiger partial charge < -0.3 is 9.80 Å². The summed E-state index contributed by atoms with van der Waals surface area (Å²) in [7, 11) is 0. The first kappa shape index (κ1) is 15.5. The quantitative estimate of drug-likeness (QED) is 0.797. The molecule has 6 heteroatoms. The molecule has 6 nitrogen and oxygen atoms in total. The van der Waals surface area contributed by atoms with Crippen molar-refractivity contribution in [2.75, 3.05) is 26.2 Å². The zero-order valence-electron chi connectivity index (χ0n) is 14.2. The van der Waals surface area contributed by atoms with Crippen LogP contribution in [0.4, 0.5) is 4.79 Å². The molecule has 3 heterocycles. The van der Waals surface area contributed by atoms with Crippen LogP contribution in [-0.2, 0) is 0 Å². The van der Waals surface area contributed by atoms with Crippen molar-refractivity contribution in [3.05, 3.63) is 11.6 Å². The maximum absolute atomic E-state index is 12.6. The van der Waals surface area contributed by atoms with Crippen LogP contribution in [0.3, 0.4) is 0 Å². The van der Waals surface area contributed by atoms with Crippen LogP contribution in [-0.4, -0.2) is 62.8 Å². The first-order valence-electron chi connectivity index (χ1n) is 8.34. The van der Waals surface area contributed by atoms with Crippen LogP contribution >= 0.6 is 0 Å². The van der Waals surface area contributed by atoms with Crippen molar-refractivity contribution >= 4 is 6.03 Å². The first-order chi connectivity index (χ1) is 10.4. The van der Waals surface area contributed by atoms with Crippen LogP contribution < -0.4 is 0 Å². The van der Waals surface area contributed by atoms with E-state index >= 15 is 0 Å². The number of nitrogens with zero attached hydrogens (tertiary/aromatic N) is 5. The van der Waals surface area contributed by atoms with Gasteiger partial charge in [-0.3, -0.25) is 0 Å². The lowest BCUT2D eigenvalue weighted by Crippen LogP contribution is -2.63. The van der Waals surface area contributed by atoms with Crippen LogP contribution in [0.25, 0.3) is 0 Å². The summed E-state index contributed by atoms with van der Waals surface area (Å²) in [6, 6.07) is 0.559. The van der Waals surface area contributed by atoms with Crippen LogP contribution in [0.15, 0.2) is 0 Å². The summed E-state index contributed by atoms with van der Waals surface area (Å²) in [6.07, 6.45) is 3.78. The van der Waals surface area contributed by atoms with Crippen molar-refractivity contribution in [1.82, 2.24) is 24.6 Å². The molecule has 2 saturated heterocycles. The Kier molecular flexibility index (Phi) is 3.97. The maximum Gasteiger partial charge on any atom is 0.346 e. The molecular formula is C16H27N5O. The SMILES string of the molecule is Cc1nc(C)n(C(=O)N2CC3(CCCCN(C(C)C)C3)C2)n1. The van der Waals surface area contributed by atoms with Gasteiger partial charge in [0.2, 0.25) is 0 Å². The van der Waals surface area contributed by atoms with Gasteiger partial charge in [-0.2, -0.15) is 4.68 Å². The summed E-state index contributed by atoms with van der Waals surface area (Å²) in [6.45, 7) is 12.2. The molecule has 0 N–H and O–H groups in total. The predicted molar refractivity (Wildman–Crippen MR) is 84.9 cm³/mol. The van der Waals surface area contributed by atoms with E-state index in [-0.39, 0.29) is 6.03 Å². The second-order valence-corrected chi connectivity index (χ2v) is 7.28. The Morgan fingerprint density at radius 3 is 2.50 bits per heavy atom. The van der Waals surface area contributed by atoms with Gasteiger partial charge >= 0.3 is 6.03 Å². The van der Waals surface area contributed by atoms with Crippen LogP contribution in [0.2, 0.25) is 0 Å². The van der Waals surface area contributed by atoms with Crippen molar-refractivity contribution in [2.24, 2.45) is 5.41 Å². The summed E-state index contributed by atoms with van der Waals surface area (Å²) < 4.78 is 1.44. The van der Waals surface area contributed by atoms with E-state index < -0.39 is 0 Å². The number of hydrogen-bond donors (Lipinski definition) is 0. The molecule has 0 bridgehead atoms. The van der Waals surface area contributed by atoms with E-state index in [0.717, 1.165) is 19.6 Å². The molecule has 2 aliphatic rings. The van der Waals surface area contributed by atoms with E-state index in [4.69, 9.17) is 0 Å². The first-order valence-corrected chi connectivity index (χ1v) is 8.34. The lowest BCUT2D eigenvalue weighted by Gasteiger charge is -2.51. The molecule has 1 aromatic heterocycles. The van der Waals surface area contributed by atoms with Crippen LogP contribution in [0, 0.1) is 19.3 Å². The van der Waals surface area contributed by atoms with Gasteiger partial charge in [0.25, 0.3) is 0 Å². The number of amides is 1. The number of carbonyl (C=O) groups is 1. The van der Waals surface area contributed by atoms with E-state index in [1.165, 1.54) is 30.5 Å². The molecule has 0 unspecified atom stereocenters. The molecule has 1 aromatic rings. The minimum Gasteiger partial charge on any atom is -0.321 e. The average molecular weight is 305 g/mol. The molecule has 3 rings (SSSR count). The Bertz CT molecular complexity index is 559. The lowest BCUT2D eigenvalue weighted by molar-refractivity contribution is -0.00359. The Morgan fingerprint density at radius 1 is 1.18 bits per heavy atom. The smallest absolute Gasteiger partial charge is 0.321 e. The number of aryl methyl sites for hydroxylation is 2. The summed E-state index contributed by atoms with van der Waals surface area (Å²) in [5.41, 5.74) is 0.292. The Hall–Kier alpha value is -1.43. The van der Waals surface area contributed by atoms with Crippen LogP contribution in [0.1, 0.15) is 44.8 Å². The number of hydrogen-bond acceptors (Lipinski definition) is 4. The summed E-state index contributed by atoms with van der Waals surface area (Å²) >= 11 is 0. The number of likely N-dealkylation sites (tertiary alicyclic amines) is 2. The Balaban J connectivity index is 1.67. The molecule has 0 aliphatic carbocycles. The standard InChI is InChI=1S/C16H27N5O/c1-12(2)19-8-6-5-7-16(9-19)10-20(11-16)15(22)21-14(4)17-13(3)18-21/h12H,5-11H2,1-4H3.